The lowest BCUT2D eigenvalue weighted by atomic mass is 10.1. The summed E-state index contributed by atoms with van der Waals surface area (Å²) >= 11 is 5.44. The fourth-order valence-corrected chi connectivity index (χ4v) is 1.38. The molecule has 1 aromatic rings. The van der Waals surface area contributed by atoms with Gasteiger partial charge in [0.15, 0.2) is 0 Å². The van der Waals surface area contributed by atoms with E-state index in [9.17, 15) is 13.6 Å². The maximum atomic E-state index is 12.5. The van der Waals surface area contributed by atoms with Crippen molar-refractivity contribution < 1.29 is 18.7 Å². The van der Waals surface area contributed by atoms with Crippen LogP contribution in [-0.4, -0.2) is 16.1 Å². The van der Waals surface area contributed by atoms with Gasteiger partial charge in [0.2, 0.25) is 0 Å². The van der Waals surface area contributed by atoms with Crippen molar-refractivity contribution in [1.82, 2.24) is 4.98 Å². The first-order valence-corrected chi connectivity index (χ1v) is 4.26. The molecule has 1 aromatic heterocycles. The van der Waals surface area contributed by atoms with Gasteiger partial charge in [-0.1, -0.05) is 11.6 Å². The van der Waals surface area contributed by atoms with Gasteiger partial charge in [0.05, 0.1) is 5.56 Å². The number of halogens is 3. The molecule has 0 aliphatic carbocycles. The van der Waals surface area contributed by atoms with Crippen molar-refractivity contribution in [2.75, 3.05) is 0 Å². The molecule has 0 atom stereocenters. The third-order valence-electron chi connectivity index (χ3n) is 1.76. The van der Waals surface area contributed by atoms with Crippen molar-refractivity contribution in [3.05, 3.63) is 28.0 Å². The summed E-state index contributed by atoms with van der Waals surface area (Å²) in [6.45, 7) is -0.220. The zero-order valence-corrected chi connectivity index (χ0v) is 8.13. The number of hydrogen-bond donors (Lipinski definition) is 2. The van der Waals surface area contributed by atoms with Crippen molar-refractivity contribution >= 4 is 17.6 Å². The Bertz CT molecular complexity index is 398. The van der Waals surface area contributed by atoms with Crippen LogP contribution in [0.2, 0.25) is 5.15 Å². The van der Waals surface area contributed by atoms with E-state index in [1.54, 1.807) is 0 Å². The highest BCUT2D eigenvalue weighted by Crippen LogP contribution is 2.29. The molecular weight excluding hydrogens is 230 g/mol. The number of alkyl halides is 2. The molecule has 0 spiro atoms. The van der Waals surface area contributed by atoms with Gasteiger partial charge in [-0.05, 0) is 11.6 Å². The molecule has 0 bridgehead atoms. The van der Waals surface area contributed by atoms with Gasteiger partial charge < -0.3 is 10.8 Å². The summed E-state index contributed by atoms with van der Waals surface area (Å²) in [5.74, 6) is -1.34. The molecule has 0 fully saturated rings. The van der Waals surface area contributed by atoms with Gasteiger partial charge in [-0.15, -0.1) is 0 Å². The first-order chi connectivity index (χ1) is 6.97. The number of carboxylic acid groups (broad SMARTS) is 1. The van der Waals surface area contributed by atoms with E-state index in [-0.39, 0.29) is 12.1 Å². The highest BCUT2D eigenvalue weighted by atomic mass is 35.5. The molecule has 0 aliphatic heterocycles. The minimum atomic E-state index is -2.83. The Hall–Kier alpha value is -1.27. The van der Waals surface area contributed by atoms with Crippen LogP contribution in [0, 0.1) is 0 Å². The van der Waals surface area contributed by atoms with Crippen molar-refractivity contribution in [3.63, 3.8) is 0 Å². The van der Waals surface area contributed by atoms with Crippen molar-refractivity contribution in [2.24, 2.45) is 5.73 Å². The van der Waals surface area contributed by atoms with Crippen LogP contribution in [-0.2, 0) is 6.54 Å². The minimum Gasteiger partial charge on any atom is -0.477 e. The van der Waals surface area contributed by atoms with Crippen molar-refractivity contribution in [3.8, 4) is 0 Å². The summed E-state index contributed by atoms with van der Waals surface area (Å²) in [5.41, 5.74) is 4.29. The smallest absolute Gasteiger partial charge is 0.354 e. The average molecular weight is 237 g/mol. The quantitative estimate of drug-likeness (QED) is 0.785. The lowest BCUT2D eigenvalue weighted by Crippen LogP contribution is -2.09. The summed E-state index contributed by atoms with van der Waals surface area (Å²) in [6.07, 6.45) is -2.83. The molecule has 3 N–H and O–H groups in total. The standard InChI is InChI=1S/C8H7ClF2N2O2/c9-6-5(7(10)11)3(2-12)1-4(13-6)8(14)15/h1,7H,2,12H2,(H,14,15). The Labute approximate surface area is 88.7 Å². The third kappa shape index (κ3) is 2.40. The number of aromatic nitrogens is 1. The molecular formula is C8H7ClF2N2O2. The maximum Gasteiger partial charge on any atom is 0.354 e. The number of nitrogens with zero attached hydrogens (tertiary/aromatic N) is 1. The van der Waals surface area contributed by atoms with Crippen LogP contribution in [0.15, 0.2) is 6.07 Å². The number of aromatic carboxylic acids is 1. The second kappa shape index (κ2) is 4.50. The lowest BCUT2D eigenvalue weighted by molar-refractivity contribution is 0.0689. The van der Waals surface area contributed by atoms with Crippen LogP contribution in [0.5, 0.6) is 0 Å². The van der Waals surface area contributed by atoms with Gasteiger partial charge >= 0.3 is 5.97 Å². The van der Waals surface area contributed by atoms with E-state index in [2.05, 4.69) is 4.98 Å². The Morgan fingerprint density at radius 3 is 2.67 bits per heavy atom. The molecule has 1 heterocycles. The minimum absolute atomic E-state index is 0.0117. The number of nitrogens with two attached hydrogens (primary N) is 1. The molecule has 0 unspecified atom stereocenters. The van der Waals surface area contributed by atoms with Gasteiger partial charge in [-0.2, -0.15) is 0 Å². The molecule has 0 saturated heterocycles. The number of rotatable bonds is 3. The van der Waals surface area contributed by atoms with Gasteiger partial charge in [0, 0.05) is 6.54 Å². The van der Waals surface area contributed by atoms with Crippen LogP contribution < -0.4 is 5.73 Å². The molecule has 0 aliphatic rings. The topological polar surface area (TPSA) is 76.2 Å². The second-order valence-corrected chi connectivity index (χ2v) is 3.04. The molecule has 4 nitrogen and oxygen atoms in total. The lowest BCUT2D eigenvalue weighted by Gasteiger charge is -2.09. The van der Waals surface area contributed by atoms with Crippen LogP contribution in [0.3, 0.4) is 0 Å². The Morgan fingerprint density at radius 1 is 1.67 bits per heavy atom. The van der Waals surface area contributed by atoms with Gasteiger partial charge in [0.25, 0.3) is 6.43 Å². The van der Waals surface area contributed by atoms with E-state index in [0.29, 0.717) is 0 Å². The van der Waals surface area contributed by atoms with Crippen LogP contribution in [0.4, 0.5) is 8.78 Å². The van der Waals surface area contributed by atoms with E-state index >= 15 is 0 Å². The molecule has 0 amide bonds. The summed E-state index contributed by atoms with van der Waals surface area (Å²) in [6, 6.07) is 0.996. The zero-order valence-electron chi connectivity index (χ0n) is 7.38. The van der Waals surface area contributed by atoms with E-state index < -0.39 is 28.8 Å². The molecule has 0 radical (unpaired) electrons. The number of carbonyl (C=O) groups is 1. The van der Waals surface area contributed by atoms with E-state index in [1.807, 2.05) is 0 Å². The van der Waals surface area contributed by atoms with Crippen molar-refractivity contribution in [1.29, 1.82) is 0 Å². The van der Waals surface area contributed by atoms with E-state index in [4.69, 9.17) is 22.4 Å². The van der Waals surface area contributed by atoms with Gasteiger partial charge in [0.1, 0.15) is 10.8 Å². The normalized spacial score (nSPS) is 10.7. The number of carboxylic acids is 1. The van der Waals surface area contributed by atoms with Crippen LogP contribution in [0.25, 0.3) is 0 Å². The Balaban J connectivity index is 3.37. The summed E-state index contributed by atoms with van der Waals surface area (Å²) in [7, 11) is 0. The molecule has 7 heteroatoms. The summed E-state index contributed by atoms with van der Waals surface area (Å²) in [4.78, 5) is 13.9. The first kappa shape index (κ1) is 11.8. The Morgan fingerprint density at radius 2 is 2.27 bits per heavy atom. The maximum absolute atomic E-state index is 12.5. The predicted molar refractivity (Wildman–Crippen MR) is 49.1 cm³/mol. The SMILES string of the molecule is NCc1cc(C(=O)O)nc(Cl)c1C(F)F. The largest absolute Gasteiger partial charge is 0.477 e. The van der Waals surface area contributed by atoms with Crippen LogP contribution in [0.1, 0.15) is 28.0 Å². The molecule has 82 valence electrons. The highest BCUT2D eigenvalue weighted by Gasteiger charge is 2.20. The molecule has 15 heavy (non-hydrogen) atoms. The second-order valence-electron chi connectivity index (χ2n) is 2.68. The van der Waals surface area contributed by atoms with Gasteiger partial charge in [-0.25, -0.2) is 18.6 Å². The summed E-state index contributed by atoms with van der Waals surface area (Å²) in [5, 5.41) is 8.09. The van der Waals surface area contributed by atoms with E-state index in [1.165, 1.54) is 0 Å². The van der Waals surface area contributed by atoms with Crippen molar-refractivity contribution in [2.45, 2.75) is 13.0 Å². The monoisotopic (exact) mass is 236 g/mol. The average Bonchev–Trinajstić information content (AvgIpc) is 2.15. The fourth-order valence-electron chi connectivity index (χ4n) is 1.08. The number of pyridine rings is 1. The Kier molecular flexibility index (Phi) is 3.54. The van der Waals surface area contributed by atoms with Crippen LogP contribution >= 0.6 is 11.6 Å². The van der Waals surface area contributed by atoms with Gasteiger partial charge in [-0.3, -0.25) is 0 Å². The molecule has 0 saturated carbocycles. The highest BCUT2D eigenvalue weighted by molar-refractivity contribution is 6.30. The zero-order chi connectivity index (χ0) is 11.6. The van der Waals surface area contributed by atoms with E-state index in [0.717, 1.165) is 6.07 Å². The third-order valence-corrected chi connectivity index (χ3v) is 2.04. The number of hydrogen-bond acceptors (Lipinski definition) is 3. The molecule has 1 rings (SSSR count). The fraction of sp³-hybridized carbons (Fsp3) is 0.250. The summed E-state index contributed by atoms with van der Waals surface area (Å²) < 4.78 is 25.0. The molecule has 0 aromatic carbocycles. The first-order valence-electron chi connectivity index (χ1n) is 3.88. The predicted octanol–water partition coefficient (Wildman–Crippen LogP) is 1.83.